The van der Waals surface area contributed by atoms with Gasteiger partial charge in [0.2, 0.25) is 0 Å². The number of hydrogen-bond donors (Lipinski definition) is 0. The van der Waals surface area contributed by atoms with Crippen LogP contribution in [0.3, 0.4) is 0 Å². The van der Waals surface area contributed by atoms with Crippen LogP contribution in [0, 0.1) is 11.8 Å². The van der Waals surface area contributed by atoms with E-state index in [4.69, 9.17) is 0 Å². The highest BCUT2D eigenvalue weighted by Crippen LogP contribution is 2.14. The molecule has 1 amide bonds. The Bertz CT molecular complexity index is 182. The average molecular weight is 245 g/mol. The molecule has 0 bridgehead atoms. The number of hydrogen-bond acceptors (Lipinski definition) is 2. The summed E-state index contributed by atoms with van der Waals surface area (Å²) in [7, 11) is 0. The Morgan fingerprint density at radius 3 is 2.00 bits per heavy atom. The minimum absolute atomic E-state index is 0.260. The van der Waals surface area contributed by atoms with Gasteiger partial charge >= 0.3 is 0 Å². The molecular weight excluding hydrogens is 218 g/mol. The molecule has 96 valence electrons. The van der Waals surface area contributed by atoms with Crippen molar-refractivity contribution >= 4 is 17.0 Å². The molecule has 0 aliphatic heterocycles. The Balaban J connectivity index is 4.10. The van der Waals surface area contributed by atoms with Crippen LogP contribution in [0.2, 0.25) is 0 Å². The quantitative estimate of drug-likeness (QED) is 0.625. The Hall–Kier alpha value is -0.180. The van der Waals surface area contributed by atoms with Crippen LogP contribution in [0.4, 0.5) is 4.79 Å². The van der Waals surface area contributed by atoms with Crippen molar-refractivity contribution in [2.24, 2.45) is 11.8 Å². The van der Waals surface area contributed by atoms with Crippen molar-refractivity contribution in [1.29, 1.82) is 0 Å². The van der Waals surface area contributed by atoms with Crippen LogP contribution in [0.1, 0.15) is 47.5 Å². The highest BCUT2D eigenvalue weighted by atomic mass is 32.2. The zero-order chi connectivity index (χ0) is 12.6. The molecule has 0 saturated heterocycles. The van der Waals surface area contributed by atoms with Crippen molar-refractivity contribution < 1.29 is 4.79 Å². The van der Waals surface area contributed by atoms with Gasteiger partial charge < -0.3 is 4.90 Å². The van der Waals surface area contributed by atoms with Gasteiger partial charge in [-0.1, -0.05) is 52.8 Å². The van der Waals surface area contributed by atoms with Gasteiger partial charge in [-0.15, -0.1) is 0 Å². The first-order valence-electron chi connectivity index (χ1n) is 6.39. The lowest BCUT2D eigenvalue weighted by Crippen LogP contribution is -2.34. The summed E-state index contributed by atoms with van der Waals surface area (Å²) in [5.41, 5.74) is 0. The van der Waals surface area contributed by atoms with E-state index in [0.29, 0.717) is 11.8 Å². The van der Waals surface area contributed by atoms with Gasteiger partial charge in [0.05, 0.1) is 0 Å². The van der Waals surface area contributed by atoms with Crippen LogP contribution < -0.4 is 0 Å². The van der Waals surface area contributed by atoms with E-state index in [1.54, 1.807) is 0 Å². The molecular formula is C13H27NOS. The van der Waals surface area contributed by atoms with Crippen molar-refractivity contribution in [2.75, 3.05) is 18.8 Å². The van der Waals surface area contributed by atoms with E-state index in [2.05, 4.69) is 34.6 Å². The van der Waals surface area contributed by atoms with Gasteiger partial charge in [-0.3, -0.25) is 4.79 Å². The predicted octanol–water partition coefficient (Wildman–Crippen LogP) is 4.25. The molecule has 0 aromatic carbocycles. The molecule has 0 atom stereocenters. The number of rotatable bonds is 7. The minimum Gasteiger partial charge on any atom is -0.333 e. The van der Waals surface area contributed by atoms with Crippen LogP contribution in [0.15, 0.2) is 0 Å². The van der Waals surface area contributed by atoms with E-state index >= 15 is 0 Å². The molecule has 3 heteroatoms. The standard InChI is InChI=1S/C13H27NOS/c1-6-7-8-16-13(15)14(9-11(2)3)10-12(4)5/h11-12H,6-10H2,1-5H3. The van der Waals surface area contributed by atoms with Crippen molar-refractivity contribution in [1.82, 2.24) is 4.90 Å². The number of amides is 1. The summed E-state index contributed by atoms with van der Waals surface area (Å²) in [5.74, 6) is 2.06. The molecule has 0 N–H and O–H groups in total. The second-order valence-corrected chi connectivity index (χ2v) is 6.21. The second-order valence-electron chi connectivity index (χ2n) is 5.16. The van der Waals surface area contributed by atoms with Crippen LogP contribution >= 0.6 is 11.8 Å². The van der Waals surface area contributed by atoms with Gasteiger partial charge in [-0.25, -0.2) is 0 Å². The molecule has 0 spiro atoms. The van der Waals surface area contributed by atoms with E-state index in [1.165, 1.54) is 11.8 Å². The Kier molecular flexibility index (Phi) is 8.81. The Morgan fingerprint density at radius 2 is 1.62 bits per heavy atom. The largest absolute Gasteiger partial charge is 0.333 e. The van der Waals surface area contributed by atoms with Gasteiger partial charge in [0.25, 0.3) is 5.24 Å². The highest BCUT2D eigenvalue weighted by molar-refractivity contribution is 8.13. The van der Waals surface area contributed by atoms with Gasteiger partial charge in [-0.2, -0.15) is 0 Å². The zero-order valence-corrected chi connectivity index (χ0v) is 12.3. The third kappa shape index (κ3) is 8.03. The summed E-state index contributed by atoms with van der Waals surface area (Å²) < 4.78 is 0. The molecule has 0 radical (unpaired) electrons. The minimum atomic E-state index is 0.260. The number of carbonyl (C=O) groups excluding carboxylic acids is 1. The Labute approximate surface area is 105 Å². The first-order valence-corrected chi connectivity index (χ1v) is 7.37. The van der Waals surface area contributed by atoms with Crippen molar-refractivity contribution in [2.45, 2.75) is 47.5 Å². The maximum atomic E-state index is 12.0. The monoisotopic (exact) mass is 245 g/mol. The lowest BCUT2D eigenvalue weighted by Gasteiger charge is -2.25. The molecule has 2 nitrogen and oxygen atoms in total. The number of carbonyl (C=O) groups is 1. The summed E-state index contributed by atoms with van der Waals surface area (Å²) in [6.45, 7) is 12.6. The third-order valence-corrected chi connectivity index (χ3v) is 3.15. The fourth-order valence-corrected chi connectivity index (χ4v) is 2.44. The summed E-state index contributed by atoms with van der Waals surface area (Å²) in [6, 6.07) is 0. The fraction of sp³-hybridized carbons (Fsp3) is 0.923. The predicted molar refractivity (Wildman–Crippen MR) is 74.0 cm³/mol. The summed E-state index contributed by atoms with van der Waals surface area (Å²) >= 11 is 1.48. The van der Waals surface area contributed by atoms with Gasteiger partial charge in [0, 0.05) is 18.8 Å². The summed E-state index contributed by atoms with van der Waals surface area (Å²) in [4.78, 5) is 14.0. The van der Waals surface area contributed by atoms with Gasteiger partial charge in [0.1, 0.15) is 0 Å². The van der Waals surface area contributed by atoms with Crippen molar-refractivity contribution in [3.63, 3.8) is 0 Å². The molecule has 0 aromatic rings. The highest BCUT2D eigenvalue weighted by Gasteiger charge is 2.16. The van der Waals surface area contributed by atoms with Crippen molar-refractivity contribution in [3.05, 3.63) is 0 Å². The molecule has 0 aromatic heterocycles. The van der Waals surface area contributed by atoms with Crippen LogP contribution in [0.25, 0.3) is 0 Å². The Morgan fingerprint density at radius 1 is 1.12 bits per heavy atom. The first-order chi connectivity index (χ1) is 7.47. The van der Waals surface area contributed by atoms with Crippen LogP contribution in [0.5, 0.6) is 0 Å². The molecule has 0 saturated carbocycles. The van der Waals surface area contributed by atoms with Gasteiger partial charge in [0.15, 0.2) is 0 Å². The fourth-order valence-electron chi connectivity index (χ4n) is 1.50. The zero-order valence-electron chi connectivity index (χ0n) is 11.5. The number of thioether (sulfide) groups is 1. The van der Waals surface area contributed by atoms with E-state index < -0.39 is 0 Å². The van der Waals surface area contributed by atoms with E-state index in [-0.39, 0.29) is 5.24 Å². The molecule has 0 heterocycles. The molecule has 0 aliphatic carbocycles. The molecule has 16 heavy (non-hydrogen) atoms. The average Bonchev–Trinajstić information content (AvgIpc) is 2.15. The van der Waals surface area contributed by atoms with Gasteiger partial charge in [-0.05, 0) is 18.3 Å². The molecule has 0 fully saturated rings. The lowest BCUT2D eigenvalue weighted by atomic mass is 10.1. The lowest BCUT2D eigenvalue weighted by molar-refractivity contribution is 0.208. The molecule has 0 unspecified atom stereocenters. The smallest absolute Gasteiger partial charge is 0.281 e. The second kappa shape index (κ2) is 8.91. The topological polar surface area (TPSA) is 20.3 Å². The number of nitrogens with zero attached hydrogens (tertiary/aromatic N) is 1. The van der Waals surface area contributed by atoms with Crippen LogP contribution in [-0.4, -0.2) is 29.0 Å². The molecule has 0 aliphatic rings. The SMILES string of the molecule is CCCCSC(=O)N(CC(C)C)CC(C)C. The van der Waals surface area contributed by atoms with Crippen LogP contribution in [-0.2, 0) is 0 Å². The summed E-state index contributed by atoms with van der Waals surface area (Å²) in [6.07, 6.45) is 2.29. The van der Waals surface area contributed by atoms with E-state index in [0.717, 1.165) is 31.7 Å². The summed E-state index contributed by atoms with van der Waals surface area (Å²) in [5, 5.41) is 0.260. The maximum absolute atomic E-state index is 12.0. The van der Waals surface area contributed by atoms with E-state index in [9.17, 15) is 4.79 Å². The van der Waals surface area contributed by atoms with E-state index in [1.807, 2.05) is 4.90 Å². The molecule has 0 rings (SSSR count). The maximum Gasteiger partial charge on any atom is 0.281 e. The normalized spacial score (nSPS) is 11.2. The van der Waals surface area contributed by atoms with Crippen molar-refractivity contribution in [3.8, 4) is 0 Å². The number of unbranched alkanes of at least 4 members (excludes halogenated alkanes) is 1. The first kappa shape index (κ1) is 15.8. The third-order valence-electron chi connectivity index (χ3n) is 2.15.